The fourth-order valence-electron chi connectivity index (χ4n) is 4.30. The Kier molecular flexibility index (Phi) is 6.82. The number of nitrogens with zero attached hydrogens (tertiary/aromatic N) is 4. The zero-order valence-corrected chi connectivity index (χ0v) is 19.3. The molecule has 9 nitrogen and oxygen atoms in total. The van der Waals surface area contributed by atoms with E-state index >= 15 is 0 Å². The number of halogens is 1. The van der Waals surface area contributed by atoms with E-state index in [0.717, 1.165) is 18.5 Å². The minimum Gasteiger partial charge on any atom is -0.382 e. The van der Waals surface area contributed by atoms with Gasteiger partial charge in [-0.15, -0.1) is 0 Å². The number of hydrogen-bond donors (Lipinski definition) is 1. The number of piperazine rings is 1. The number of piperidine rings is 1. The molecule has 0 aromatic heterocycles. The van der Waals surface area contributed by atoms with Crippen LogP contribution in [-0.2, 0) is 10.0 Å². The maximum absolute atomic E-state index is 13.1. The molecule has 2 heterocycles. The lowest BCUT2D eigenvalue weighted by Crippen LogP contribution is -2.47. The zero-order valence-electron chi connectivity index (χ0n) is 18.5. The van der Waals surface area contributed by atoms with Crippen molar-refractivity contribution >= 4 is 27.1 Å². The molecule has 0 aliphatic carbocycles. The van der Waals surface area contributed by atoms with Gasteiger partial charge in [0.2, 0.25) is 10.0 Å². The highest BCUT2D eigenvalue weighted by atomic mass is 32.2. The molecule has 0 spiro atoms. The summed E-state index contributed by atoms with van der Waals surface area (Å²) in [6.45, 7) is 3.15. The Labute approximate surface area is 193 Å². The van der Waals surface area contributed by atoms with Gasteiger partial charge in [0.15, 0.2) is 0 Å². The quantitative estimate of drug-likeness (QED) is 0.505. The van der Waals surface area contributed by atoms with Crippen LogP contribution in [0.4, 0.5) is 21.5 Å². The molecule has 0 bridgehead atoms. The van der Waals surface area contributed by atoms with Gasteiger partial charge in [0.05, 0.1) is 9.82 Å². The van der Waals surface area contributed by atoms with Crippen LogP contribution < -0.4 is 10.2 Å². The first-order chi connectivity index (χ1) is 15.7. The second kappa shape index (κ2) is 9.62. The summed E-state index contributed by atoms with van der Waals surface area (Å²) in [6.07, 6.45) is 1.49. The summed E-state index contributed by atoms with van der Waals surface area (Å²) in [5.74, 6) is -0.291. The lowest BCUT2D eigenvalue weighted by atomic mass is 10.0. The zero-order chi connectivity index (χ0) is 23.6. The molecule has 33 heavy (non-hydrogen) atoms. The third kappa shape index (κ3) is 5.26. The van der Waals surface area contributed by atoms with E-state index in [4.69, 9.17) is 0 Å². The second-order valence-electron chi connectivity index (χ2n) is 8.53. The van der Waals surface area contributed by atoms with Gasteiger partial charge >= 0.3 is 0 Å². The topological polar surface area (TPSA) is 99.0 Å². The standard InChI is InChI=1S/C22H28FN5O4S/c1-25-12-14-27(15-13-25)33(31,32)20-6-7-21(22(16-20)28(29)30)26-10-8-19(9-11-26)24-18-4-2-17(23)3-5-18/h2-7,16,19,24H,8-15H2,1H3. The molecule has 178 valence electrons. The Morgan fingerprint density at radius 3 is 2.24 bits per heavy atom. The average Bonchev–Trinajstić information content (AvgIpc) is 2.81. The highest BCUT2D eigenvalue weighted by Gasteiger charge is 2.31. The van der Waals surface area contributed by atoms with Crippen molar-refractivity contribution in [1.82, 2.24) is 9.21 Å². The fraction of sp³-hybridized carbons (Fsp3) is 0.455. The van der Waals surface area contributed by atoms with E-state index in [1.165, 1.54) is 28.6 Å². The van der Waals surface area contributed by atoms with Crippen LogP contribution in [0.2, 0.25) is 0 Å². The van der Waals surface area contributed by atoms with E-state index in [0.29, 0.717) is 45.0 Å². The number of nitro groups is 1. The third-order valence-electron chi connectivity index (χ3n) is 6.29. The maximum Gasteiger partial charge on any atom is 0.293 e. The van der Waals surface area contributed by atoms with Crippen LogP contribution in [0, 0.1) is 15.9 Å². The first-order valence-electron chi connectivity index (χ1n) is 11.0. The minimum atomic E-state index is -3.79. The molecule has 0 unspecified atom stereocenters. The van der Waals surface area contributed by atoms with E-state index < -0.39 is 14.9 Å². The van der Waals surface area contributed by atoms with Crippen molar-refractivity contribution in [3.8, 4) is 0 Å². The van der Waals surface area contributed by atoms with Crippen molar-refractivity contribution in [2.45, 2.75) is 23.8 Å². The molecule has 0 amide bonds. The number of benzene rings is 2. The van der Waals surface area contributed by atoms with Crippen LogP contribution in [0.1, 0.15) is 12.8 Å². The minimum absolute atomic E-state index is 0.0460. The monoisotopic (exact) mass is 477 g/mol. The molecular formula is C22H28FN5O4S. The predicted octanol–water partition coefficient (Wildman–Crippen LogP) is 2.75. The second-order valence-corrected chi connectivity index (χ2v) is 10.5. The van der Waals surface area contributed by atoms with Gasteiger partial charge < -0.3 is 15.1 Å². The van der Waals surface area contributed by atoms with Crippen LogP contribution in [0.5, 0.6) is 0 Å². The number of likely N-dealkylation sites (N-methyl/N-ethyl adjacent to an activating group) is 1. The van der Waals surface area contributed by atoms with Crippen LogP contribution in [-0.4, -0.2) is 74.9 Å². The van der Waals surface area contributed by atoms with Crippen molar-refractivity contribution in [2.24, 2.45) is 0 Å². The van der Waals surface area contributed by atoms with Gasteiger partial charge in [-0.3, -0.25) is 10.1 Å². The van der Waals surface area contributed by atoms with Crippen molar-refractivity contribution in [2.75, 3.05) is 56.5 Å². The summed E-state index contributed by atoms with van der Waals surface area (Å²) in [5, 5.41) is 15.2. The van der Waals surface area contributed by atoms with Gasteiger partial charge in [-0.25, -0.2) is 12.8 Å². The average molecular weight is 478 g/mol. The smallest absolute Gasteiger partial charge is 0.293 e. The van der Waals surface area contributed by atoms with Crippen LogP contribution in [0.3, 0.4) is 0 Å². The number of rotatable bonds is 6. The summed E-state index contributed by atoms with van der Waals surface area (Å²) < 4.78 is 40.6. The molecule has 2 fully saturated rings. The Morgan fingerprint density at radius 2 is 1.64 bits per heavy atom. The molecule has 0 saturated carbocycles. The van der Waals surface area contributed by atoms with Crippen LogP contribution in [0.25, 0.3) is 0 Å². The molecule has 4 rings (SSSR count). The van der Waals surface area contributed by atoms with E-state index in [9.17, 15) is 22.9 Å². The van der Waals surface area contributed by atoms with Gasteiger partial charge in [0.1, 0.15) is 11.5 Å². The van der Waals surface area contributed by atoms with Crippen molar-refractivity contribution in [3.05, 3.63) is 58.4 Å². The SMILES string of the molecule is CN1CCN(S(=O)(=O)c2ccc(N3CCC(Nc4ccc(F)cc4)CC3)c([N+](=O)[O-])c2)CC1. The molecule has 11 heteroatoms. The first kappa shape index (κ1) is 23.4. The van der Waals surface area contributed by atoms with Crippen molar-refractivity contribution in [1.29, 1.82) is 0 Å². The van der Waals surface area contributed by atoms with Gasteiger partial charge in [-0.1, -0.05) is 0 Å². The van der Waals surface area contributed by atoms with E-state index in [-0.39, 0.29) is 22.4 Å². The molecular weight excluding hydrogens is 449 g/mol. The van der Waals surface area contributed by atoms with E-state index in [1.807, 2.05) is 16.8 Å². The first-order valence-corrected chi connectivity index (χ1v) is 12.4. The fourth-order valence-corrected chi connectivity index (χ4v) is 5.74. The number of anilines is 2. The Morgan fingerprint density at radius 1 is 1.00 bits per heavy atom. The Balaban J connectivity index is 1.47. The van der Waals surface area contributed by atoms with E-state index in [2.05, 4.69) is 5.32 Å². The van der Waals surface area contributed by atoms with Crippen molar-refractivity contribution in [3.63, 3.8) is 0 Å². The molecule has 2 aliphatic heterocycles. The third-order valence-corrected chi connectivity index (χ3v) is 8.19. The maximum atomic E-state index is 13.1. The molecule has 2 saturated heterocycles. The largest absolute Gasteiger partial charge is 0.382 e. The molecule has 0 atom stereocenters. The van der Waals surface area contributed by atoms with Crippen molar-refractivity contribution < 1.29 is 17.7 Å². The van der Waals surface area contributed by atoms with Gasteiger partial charge in [-0.05, 0) is 56.3 Å². The number of nitrogens with one attached hydrogen (secondary N) is 1. The lowest BCUT2D eigenvalue weighted by Gasteiger charge is -2.34. The van der Waals surface area contributed by atoms with Gasteiger partial charge in [-0.2, -0.15) is 4.31 Å². The molecule has 2 aliphatic rings. The summed E-state index contributed by atoms with van der Waals surface area (Å²) in [6, 6.07) is 10.6. The lowest BCUT2D eigenvalue weighted by molar-refractivity contribution is -0.384. The normalized spacial score (nSPS) is 18.9. The van der Waals surface area contributed by atoms with Crippen LogP contribution in [0.15, 0.2) is 47.4 Å². The summed E-state index contributed by atoms with van der Waals surface area (Å²) in [5.41, 5.74) is 1.06. The molecule has 2 aromatic rings. The highest BCUT2D eigenvalue weighted by Crippen LogP contribution is 2.34. The molecule has 0 radical (unpaired) electrons. The van der Waals surface area contributed by atoms with Gasteiger partial charge in [0, 0.05) is 57.1 Å². The summed E-state index contributed by atoms with van der Waals surface area (Å²) in [7, 11) is -1.86. The molecule has 1 N–H and O–H groups in total. The van der Waals surface area contributed by atoms with Crippen LogP contribution >= 0.6 is 0 Å². The predicted molar refractivity (Wildman–Crippen MR) is 125 cm³/mol. The summed E-state index contributed by atoms with van der Waals surface area (Å²) in [4.78, 5) is 15.2. The number of nitro benzene ring substituents is 1. The number of hydrogen-bond acceptors (Lipinski definition) is 7. The van der Waals surface area contributed by atoms with Gasteiger partial charge in [0.25, 0.3) is 5.69 Å². The Bertz CT molecular complexity index is 1100. The molecule has 2 aromatic carbocycles. The number of sulfonamides is 1. The Hall–Kier alpha value is -2.76. The summed E-state index contributed by atoms with van der Waals surface area (Å²) >= 11 is 0. The highest BCUT2D eigenvalue weighted by molar-refractivity contribution is 7.89. The van der Waals surface area contributed by atoms with E-state index in [1.54, 1.807) is 18.2 Å².